The molecule has 14 heavy (non-hydrogen) atoms. The summed E-state index contributed by atoms with van der Waals surface area (Å²) < 4.78 is 25.5. The molecule has 2 nitrogen and oxygen atoms in total. The van der Waals surface area contributed by atoms with Gasteiger partial charge in [-0.2, -0.15) is 0 Å². The number of rotatable bonds is 2. The molecule has 1 fully saturated rings. The van der Waals surface area contributed by atoms with Crippen LogP contribution in [0.2, 0.25) is 0 Å². The molecule has 0 spiro atoms. The topological polar surface area (TPSA) is 29.3 Å². The molecule has 5 heteroatoms. The maximum absolute atomic E-state index is 12.8. The Bertz CT molecular complexity index is 170. The van der Waals surface area contributed by atoms with Crippen molar-refractivity contribution in [3.63, 3.8) is 0 Å². The summed E-state index contributed by atoms with van der Waals surface area (Å²) in [5.41, 5.74) is 5.52. The highest BCUT2D eigenvalue weighted by Crippen LogP contribution is 2.27. The Hall–Kier alpha value is 0.0700. The number of piperidine rings is 1. The van der Waals surface area contributed by atoms with Gasteiger partial charge in [0, 0.05) is 38.0 Å². The Labute approximate surface area is 90.2 Å². The molecule has 1 saturated heterocycles. The minimum Gasteiger partial charge on any atom is -0.324 e. The van der Waals surface area contributed by atoms with E-state index in [1.54, 1.807) is 0 Å². The molecule has 1 heterocycles. The molecule has 0 aromatic heterocycles. The van der Waals surface area contributed by atoms with Gasteiger partial charge in [0.1, 0.15) is 0 Å². The van der Waals surface area contributed by atoms with Crippen LogP contribution in [0.4, 0.5) is 8.78 Å². The zero-order valence-electron chi connectivity index (χ0n) is 8.72. The van der Waals surface area contributed by atoms with Crippen LogP contribution in [-0.4, -0.2) is 36.0 Å². The average Bonchev–Trinajstić information content (AvgIpc) is 1.91. The Morgan fingerprint density at radius 3 is 2.07 bits per heavy atom. The molecule has 0 saturated carbocycles. The normalized spacial score (nSPS) is 22.9. The molecule has 0 aliphatic carbocycles. The van der Waals surface area contributed by atoms with Gasteiger partial charge in [0.05, 0.1) is 0 Å². The van der Waals surface area contributed by atoms with E-state index >= 15 is 0 Å². The predicted molar refractivity (Wildman–Crippen MR) is 56.1 cm³/mol. The maximum Gasteiger partial charge on any atom is 0.250 e. The molecular formula is C9H19ClF2N2. The predicted octanol–water partition coefficient (Wildman–Crippen LogP) is 1.88. The van der Waals surface area contributed by atoms with Crippen molar-refractivity contribution in [2.75, 3.05) is 19.6 Å². The molecule has 0 aromatic rings. The standard InChI is InChI=1S/C9H18F2N2.ClH/c1-8(2,12)7-13-5-3-9(10,11)4-6-13;/h3-7,12H2,1-2H3;1H. The van der Waals surface area contributed by atoms with Gasteiger partial charge in [0.2, 0.25) is 0 Å². The molecule has 0 radical (unpaired) electrons. The number of alkyl halides is 2. The number of likely N-dealkylation sites (tertiary alicyclic amines) is 1. The van der Waals surface area contributed by atoms with Crippen molar-refractivity contribution in [1.29, 1.82) is 0 Å². The first-order valence-corrected chi connectivity index (χ1v) is 4.68. The van der Waals surface area contributed by atoms with Crippen molar-refractivity contribution in [3.8, 4) is 0 Å². The molecule has 1 rings (SSSR count). The highest BCUT2D eigenvalue weighted by atomic mass is 35.5. The van der Waals surface area contributed by atoms with E-state index in [1.807, 2.05) is 18.7 Å². The highest BCUT2D eigenvalue weighted by Gasteiger charge is 2.34. The second-order valence-corrected chi connectivity index (χ2v) is 4.62. The maximum atomic E-state index is 12.8. The average molecular weight is 229 g/mol. The van der Waals surface area contributed by atoms with Gasteiger partial charge in [-0.25, -0.2) is 8.78 Å². The smallest absolute Gasteiger partial charge is 0.250 e. The lowest BCUT2D eigenvalue weighted by molar-refractivity contribution is -0.0574. The Morgan fingerprint density at radius 1 is 1.29 bits per heavy atom. The van der Waals surface area contributed by atoms with Crippen molar-refractivity contribution in [1.82, 2.24) is 4.90 Å². The third kappa shape index (κ3) is 5.08. The van der Waals surface area contributed by atoms with Crippen LogP contribution in [0.1, 0.15) is 26.7 Å². The van der Waals surface area contributed by atoms with Crippen LogP contribution in [0.5, 0.6) is 0 Å². The van der Waals surface area contributed by atoms with Crippen LogP contribution in [-0.2, 0) is 0 Å². The Balaban J connectivity index is 0.00000169. The summed E-state index contributed by atoms with van der Waals surface area (Å²) in [6, 6.07) is 0. The monoisotopic (exact) mass is 228 g/mol. The minimum absolute atomic E-state index is 0. The second-order valence-electron chi connectivity index (χ2n) is 4.62. The fourth-order valence-electron chi connectivity index (χ4n) is 1.61. The minimum atomic E-state index is -2.45. The summed E-state index contributed by atoms with van der Waals surface area (Å²) in [7, 11) is 0. The van der Waals surface area contributed by atoms with Crippen LogP contribution in [0.15, 0.2) is 0 Å². The van der Waals surface area contributed by atoms with E-state index in [1.165, 1.54) is 0 Å². The Morgan fingerprint density at radius 2 is 1.71 bits per heavy atom. The zero-order valence-corrected chi connectivity index (χ0v) is 9.54. The van der Waals surface area contributed by atoms with Crippen molar-refractivity contribution in [3.05, 3.63) is 0 Å². The fraction of sp³-hybridized carbons (Fsp3) is 1.00. The van der Waals surface area contributed by atoms with Gasteiger partial charge in [-0.05, 0) is 13.8 Å². The molecule has 86 valence electrons. The van der Waals surface area contributed by atoms with Gasteiger partial charge in [-0.1, -0.05) is 0 Å². The first kappa shape index (κ1) is 14.1. The van der Waals surface area contributed by atoms with Crippen LogP contribution in [0.25, 0.3) is 0 Å². The SMILES string of the molecule is CC(C)(N)CN1CCC(F)(F)CC1.Cl. The van der Waals surface area contributed by atoms with Crippen molar-refractivity contribution in [2.45, 2.75) is 38.2 Å². The molecule has 0 aromatic carbocycles. The van der Waals surface area contributed by atoms with Crippen LogP contribution in [0.3, 0.4) is 0 Å². The second kappa shape index (κ2) is 4.73. The molecule has 0 unspecified atom stereocenters. The summed E-state index contributed by atoms with van der Waals surface area (Å²) in [5.74, 6) is -2.45. The van der Waals surface area contributed by atoms with Crippen LogP contribution >= 0.6 is 12.4 Å². The van der Waals surface area contributed by atoms with E-state index in [0.717, 1.165) is 0 Å². The van der Waals surface area contributed by atoms with Crippen molar-refractivity contribution < 1.29 is 8.78 Å². The van der Waals surface area contributed by atoms with Gasteiger partial charge in [0.15, 0.2) is 0 Å². The summed E-state index contributed by atoms with van der Waals surface area (Å²) in [4.78, 5) is 2.01. The molecule has 0 amide bonds. The molecule has 1 aliphatic rings. The van der Waals surface area contributed by atoms with Crippen LogP contribution in [0, 0.1) is 0 Å². The lowest BCUT2D eigenvalue weighted by Crippen LogP contribution is -2.49. The largest absolute Gasteiger partial charge is 0.324 e. The number of nitrogens with two attached hydrogens (primary N) is 1. The van der Waals surface area contributed by atoms with Gasteiger partial charge in [-0.3, -0.25) is 0 Å². The van der Waals surface area contributed by atoms with Gasteiger partial charge in [0.25, 0.3) is 5.92 Å². The van der Waals surface area contributed by atoms with E-state index in [0.29, 0.717) is 19.6 Å². The molecule has 1 aliphatic heterocycles. The van der Waals surface area contributed by atoms with Crippen LogP contribution < -0.4 is 5.73 Å². The van der Waals surface area contributed by atoms with E-state index in [4.69, 9.17) is 5.73 Å². The third-order valence-electron chi connectivity index (χ3n) is 2.22. The third-order valence-corrected chi connectivity index (χ3v) is 2.22. The number of halogens is 3. The number of nitrogens with zero attached hydrogens (tertiary/aromatic N) is 1. The summed E-state index contributed by atoms with van der Waals surface area (Å²) in [6.45, 7) is 5.46. The van der Waals surface area contributed by atoms with E-state index in [9.17, 15) is 8.78 Å². The molecule has 0 bridgehead atoms. The van der Waals surface area contributed by atoms with Gasteiger partial charge < -0.3 is 10.6 Å². The lowest BCUT2D eigenvalue weighted by atomic mass is 10.0. The van der Waals surface area contributed by atoms with Gasteiger partial charge >= 0.3 is 0 Å². The van der Waals surface area contributed by atoms with Gasteiger partial charge in [-0.15, -0.1) is 12.4 Å². The number of hydrogen-bond acceptors (Lipinski definition) is 2. The highest BCUT2D eigenvalue weighted by molar-refractivity contribution is 5.85. The number of hydrogen-bond donors (Lipinski definition) is 1. The van der Waals surface area contributed by atoms with Crippen molar-refractivity contribution >= 4 is 12.4 Å². The van der Waals surface area contributed by atoms with E-state index in [-0.39, 0.29) is 30.8 Å². The first-order valence-electron chi connectivity index (χ1n) is 4.68. The Kier molecular flexibility index (Phi) is 4.75. The molecular weight excluding hydrogens is 210 g/mol. The summed E-state index contributed by atoms with van der Waals surface area (Å²) in [6.07, 6.45) is -0.0494. The van der Waals surface area contributed by atoms with E-state index in [2.05, 4.69) is 0 Å². The van der Waals surface area contributed by atoms with Crippen molar-refractivity contribution in [2.24, 2.45) is 5.73 Å². The fourth-order valence-corrected chi connectivity index (χ4v) is 1.61. The quantitative estimate of drug-likeness (QED) is 0.782. The first-order chi connectivity index (χ1) is 5.79. The zero-order chi connectivity index (χ0) is 10.1. The van der Waals surface area contributed by atoms with E-state index < -0.39 is 5.92 Å². The lowest BCUT2D eigenvalue weighted by Gasteiger charge is -2.35. The summed E-state index contributed by atoms with van der Waals surface area (Å²) in [5, 5.41) is 0. The summed E-state index contributed by atoms with van der Waals surface area (Å²) >= 11 is 0. The molecule has 0 atom stereocenters. The molecule has 2 N–H and O–H groups in total.